The van der Waals surface area contributed by atoms with E-state index in [0.717, 1.165) is 30.8 Å². The Kier molecular flexibility index (Phi) is 8.95. The number of nitrogens with one attached hydrogen (secondary N) is 2. The average Bonchev–Trinajstić information content (AvgIpc) is 3.19. The van der Waals surface area contributed by atoms with Crippen LogP contribution in [0.1, 0.15) is 23.6 Å². The third kappa shape index (κ3) is 6.84. The number of benzene rings is 1. The van der Waals surface area contributed by atoms with Gasteiger partial charge in [0.1, 0.15) is 24.0 Å². The van der Waals surface area contributed by atoms with Gasteiger partial charge < -0.3 is 20.1 Å². The summed E-state index contributed by atoms with van der Waals surface area (Å²) in [6.45, 7) is 1.69. The average molecular weight is 567 g/mol. The van der Waals surface area contributed by atoms with Crippen LogP contribution < -0.4 is 15.4 Å². The molecular weight excluding hydrogens is 540 g/mol. The fourth-order valence-electron chi connectivity index (χ4n) is 3.47. The highest BCUT2D eigenvalue weighted by molar-refractivity contribution is 14.0. The van der Waals surface area contributed by atoms with Gasteiger partial charge in [-0.3, -0.25) is 4.99 Å². The van der Waals surface area contributed by atoms with Crippen LogP contribution in [0.25, 0.3) is 0 Å². The molecule has 0 amide bonds. The van der Waals surface area contributed by atoms with Crippen molar-refractivity contribution in [3.05, 3.63) is 65.6 Å². The van der Waals surface area contributed by atoms with Crippen LogP contribution in [0.15, 0.2) is 47.6 Å². The molecule has 0 spiro atoms. The molecule has 0 fully saturated rings. The van der Waals surface area contributed by atoms with Crippen molar-refractivity contribution in [1.29, 1.82) is 0 Å². The maximum Gasteiger partial charge on any atom is 0.219 e. The Morgan fingerprint density at radius 3 is 2.91 bits per heavy atom. The van der Waals surface area contributed by atoms with E-state index in [0.29, 0.717) is 36.6 Å². The van der Waals surface area contributed by atoms with E-state index in [2.05, 4.69) is 30.7 Å². The summed E-state index contributed by atoms with van der Waals surface area (Å²) in [6.07, 6.45) is 3.51. The number of aliphatic imine (C=N–C) groups is 1. The minimum absolute atomic E-state index is 0. The molecule has 0 radical (unpaired) electrons. The van der Waals surface area contributed by atoms with Crippen molar-refractivity contribution in [2.75, 3.05) is 14.2 Å². The number of pyridine rings is 1. The number of rotatable bonds is 7. The van der Waals surface area contributed by atoms with Gasteiger partial charge in [0.2, 0.25) is 5.88 Å². The third-order valence-electron chi connectivity index (χ3n) is 5.02. The van der Waals surface area contributed by atoms with Crippen molar-refractivity contribution in [3.8, 4) is 11.6 Å². The summed E-state index contributed by atoms with van der Waals surface area (Å²) in [6, 6.07) is 9.82. The molecule has 2 aromatic heterocycles. The lowest BCUT2D eigenvalue weighted by atomic mass is 10.1. The standard InChI is InChI=1S/C22H26FN7O2.HI/c1-24-22(27-17-7-8-20-28-19(14-31-2)29-30(20)13-17)26-12-15-6-9-21(25-11-15)32-18-5-3-4-16(23)10-18;/h3-6,9-11,17H,7-8,12-14H2,1-2H3,(H2,24,26,27);1H. The molecule has 4 rings (SSSR count). The molecular formula is C22H27FIN7O2. The van der Waals surface area contributed by atoms with E-state index in [4.69, 9.17) is 9.47 Å². The van der Waals surface area contributed by atoms with Crippen molar-refractivity contribution in [1.82, 2.24) is 30.4 Å². The molecule has 1 atom stereocenters. The zero-order valence-electron chi connectivity index (χ0n) is 18.5. The van der Waals surface area contributed by atoms with Crippen LogP contribution in [0.4, 0.5) is 4.39 Å². The van der Waals surface area contributed by atoms with Crippen LogP contribution >= 0.6 is 24.0 Å². The van der Waals surface area contributed by atoms with Crippen molar-refractivity contribution in [3.63, 3.8) is 0 Å². The van der Waals surface area contributed by atoms with Gasteiger partial charge in [-0.2, -0.15) is 5.10 Å². The van der Waals surface area contributed by atoms with Gasteiger partial charge in [0.15, 0.2) is 11.8 Å². The Morgan fingerprint density at radius 1 is 1.30 bits per heavy atom. The number of halogens is 2. The molecule has 3 aromatic rings. The fourth-order valence-corrected chi connectivity index (χ4v) is 3.47. The van der Waals surface area contributed by atoms with Crippen molar-refractivity contribution < 1.29 is 13.9 Å². The summed E-state index contributed by atoms with van der Waals surface area (Å²) in [7, 11) is 3.38. The molecule has 0 saturated heterocycles. The van der Waals surface area contributed by atoms with E-state index >= 15 is 0 Å². The highest BCUT2D eigenvalue weighted by Gasteiger charge is 2.22. The first-order valence-electron chi connectivity index (χ1n) is 10.4. The number of fused-ring (bicyclic) bond motifs is 1. The SMILES string of the molecule is CN=C(NCc1ccc(Oc2cccc(F)c2)nc1)NC1CCc2nc(COC)nn2C1.I. The summed E-state index contributed by atoms with van der Waals surface area (Å²) in [5.74, 6) is 2.87. The third-order valence-corrected chi connectivity index (χ3v) is 5.02. The topological polar surface area (TPSA) is 98.5 Å². The maximum atomic E-state index is 13.3. The van der Waals surface area contributed by atoms with Crippen molar-refractivity contribution in [2.24, 2.45) is 4.99 Å². The largest absolute Gasteiger partial charge is 0.439 e. The fraction of sp³-hybridized carbons (Fsp3) is 0.364. The molecule has 3 heterocycles. The Morgan fingerprint density at radius 2 is 2.18 bits per heavy atom. The van der Waals surface area contributed by atoms with E-state index in [1.807, 2.05) is 10.7 Å². The summed E-state index contributed by atoms with van der Waals surface area (Å²) in [5.41, 5.74) is 0.964. The lowest BCUT2D eigenvalue weighted by molar-refractivity contribution is 0.177. The van der Waals surface area contributed by atoms with Crippen LogP contribution in [0.2, 0.25) is 0 Å². The molecule has 1 aliphatic heterocycles. The Labute approximate surface area is 208 Å². The second-order valence-electron chi connectivity index (χ2n) is 7.43. The quantitative estimate of drug-likeness (QED) is 0.257. The van der Waals surface area contributed by atoms with Crippen LogP contribution in [0.3, 0.4) is 0 Å². The predicted octanol–water partition coefficient (Wildman–Crippen LogP) is 3.05. The molecule has 0 saturated carbocycles. The molecule has 1 aliphatic rings. The molecule has 9 nitrogen and oxygen atoms in total. The molecule has 0 aliphatic carbocycles. The Hall–Kier alpha value is -2.80. The number of aromatic nitrogens is 4. The van der Waals surface area contributed by atoms with E-state index in [-0.39, 0.29) is 35.8 Å². The lowest BCUT2D eigenvalue weighted by Gasteiger charge is -2.25. The maximum absolute atomic E-state index is 13.3. The first-order valence-corrected chi connectivity index (χ1v) is 10.4. The summed E-state index contributed by atoms with van der Waals surface area (Å²) < 4.78 is 25.9. The highest BCUT2D eigenvalue weighted by atomic mass is 127. The van der Waals surface area contributed by atoms with Crippen LogP contribution in [-0.4, -0.2) is 45.9 Å². The second kappa shape index (κ2) is 11.9. The van der Waals surface area contributed by atoms with Gasteiger partial charge >= 0.3 is 0 Å². The highest BCUT2D eigenvalue weighted by Crippen LogP contribution is 2.20. The van der Waals surface area contributed by atoms with E-state index in [9.17, 15) is 4.39 Å². The van der Waals surface area contributed by atoms with Gasteiger partial charge in [-0.05, 0) is 24.1 Å². The monoisotopic (exact) mass is 567 g/mol. The van der Waals surface area contributed by atoms with Gasteiger partial charge in [-0.1, -0.05) is 12.1 Å². The first kappa shape index (κ1) is 24.8. The first-order chi connectivity index (χ1) is 15.6. The van der Waals surface area contributed by atoms with Crippen LogP contribution in [0.5, 0.6) is 11.6 Å². The summed E-state index contributed by atoms with van der Waals surface area (Å²) in [4.78, 5) is 13.1. The number of aryl methyl sites for hydroxylation is 1. The molecule has 33 heavy (non-hydrogen) atoms. The predicted molar refractivity (Wildman–Crippen MR) is 132 cm³/mol. The number of guanidine groups is 1. The van der Waals surface area contributed by atoms with Gasteiger partial charge in [0, 0.05) is 51.5 Å². The van der Waals surface area contributed by atoms with E-state index in [1.165, 1.54) is 12.1 Å². The summed E-state index contributed by atoms with van der Waals surface area (Å²) >= 11 is 0. The minimum atomic E-state index is -0.351. The molecule has 2 N–H and O–H groups in total. The molecule has 176 valence electrons. The van der Waals surface area contributed by atoms with Gasteiger partial charge in [0.25, 0.3) is 0 Å². The van der Waals surface area contributed by atoms with Crippen LogP contribution in [0, 0.1) is 5.82 Å². The number of ether oxygens (including phenoxy) is 2. The van der Waals surface area contributed by atoms with Gasteiger partial charge in [-0.15, -0.1) is 24.0 Å². The molecule has 0 bridgehead atoms. The minimum Gasteiger partial charge on any atom is -0.439 e. The van der Waals surface area contributed by atoms with Crippen molar-refractivity contribution >= 4 is 29.9 Å². The second-order valence-corrected chi connectivity index (χ2v) is 7.43. The smallest absolute Gasteiger partial charge is 0.219 e. The number of hydrogen-bond donors (Lipinski definition) is 2. The molecule has 11 heteroatoms. The summed E-state index contributed by atoms with van der Waals surface area (Å²) in [5, 5.41) is 11.2. The number of methoxy groups -OCH3 is 1. The van der Waals surface area contributed by atoms with Gasteiger partial charge in [-0.25, -0.2) is 19.0 Å². The molecule has 1 unspecified atom stereocenters. The Balaban J connectivity index is 0.00000306. The van der Waals surface area contributed by atoms with Crippen LogP contribution in [-0.2, 0) is 30.9 Å². The normalized spacial score (nSPS) is 15.4. The Bertz CT molecular complexity index is 1070. The number of hydrogen-bond acceptors (Lipinski definition) is 6. The number of nitrogens with zero attached hydrogens (tertiary/aromatic N) is 5. The lowest BCUT2D eigenvalue weighted by Crippen LogP contribution is -2.46. The zero-order chi connectivity index (χ0) is 22.3. The van der Waals surface area contributed by atoms with E-state index < -0.39 is 0 Å². The van der Waals surface area contributed by atoms with Gasteiger partial charge in [0.05, 0.1) is 6.54 Å². The van der Waals surface area contributed by atoms with Crippen molar-refractivity contribution in [2.45, 2.75) is 38.6 Å². The van der Waals surface area contributed by atoms with E-state index in [1.54, 1.807) is 38.6 Å². The zero-order valence-corrected chi connectivity index (χ0v) is 20.8. The molecule has 1 aromatic carbocycles.